The molecule has 0 heterocycles. The van der Waals surface area contributed by atoms with Gasteiger partial charge in [0.05, 0.1) is 5.60 Å². The molecule has 0 aliphatic carbocycles. The quantitative estimate of drug-likeness (QED) is 0.216. The molecule has 27 heavy (non-hydrogen) atoms. The molecule has 3 N–H and O–H groups in total. The average molecular weight is 411 g/mol. The number of unbranched alkanes of at least 4 members (excludes halogenated alkanes) is 1. The van der Waals surface area contributed by atoms with Crippen molar-refractivity contribution in [3.8, 4) is 0 Å². The van der Waals surface area contributed by atoms with E-state index in [9.17, 15) is 4.57 Å². The third-order valence-electron chi connectivity index (χ3n) is 5.80. The minimum atomic E-state index is -4.47. The maximum Gasteiger partial charge on any atom is 0.470 e. The van der Waals surface area contributed by atoms with Crippen LogP contribution in [0.1, 0.15) is 91.9 Å². The molecule has 0 radical (unpaired) electrons. The summed E-state index contributed by atoms with van der Waals surface area (Å²) in [5, 5.41) is 9.13. The minimum absolute atomic E-state index is 0.272. The molecule has 6 nitrogen and oxygen atoms in total. The highest BCUT2D eigenvalue weighted by Gasteiger charge is 2.34. The van der Waals surface area contributed by atoms with Gasteiger partial charge in [0.2, 0.25) is 0 Å². The summed E-state index contributed by atoms with van der Waals surface area (Å²) in [4.78, 5) is 18.3. The predicted molar refractivity (Wildman–Crippen MR) is 110 cm³/mol. The van der Waals surface area contributed by atoms with Crippen LogP contribution in [0.15, 0.2) is 0 Å². The van der Waals surface area contributed by atoms with Crippen molar-refractivity contribution >= 4 is 7.82 Å². The fraction of sp³-hybridized carbons (Fsp3) is 1.00. The number of aliphatic hydroxyl groups excluding tert-OH is 1. The SMILES string of the molecule is CCC(CCO)CC(CC)CCOCCCCC(CC)(CC)OP(=O)(O)O. The molecule has 0 saturated carbocycles. The zero-order chi connectivity index (χ0) is 20.8. The number of rotatable bonds is 18. The standard InChI is InChI=1S/C20H43O6P/c1-5-18(11-14-21)17-19(6-2)12-16-25-15-10-9-13-20(7-3,8-4)26-27(22,23)24/h18-19,21H,5-17H2,1-4H3,(H2,22,23,24). The van der Waals surface area contributed by atoms with Gasteiger partial charge in [0.25, 0.3) is 0 Å². The molecule has 0 aliphatic heterocycles. The fourth-order valence-corrected chi connectivity index (χ4v) is 4.52. The van der Waals surface area contributed by atoms with Gasteiger partial charge >= 0.3 is 7.82 Å². The van der Waals surface area contributed by atoms with Crippen LogP contribution in [0.3, 0.4) is 0 Å². The molecule has 0 aliphatic rings. The summed E-state index contributed by atoms with van der Waals surface area (Å²) in [6, 6.07) is 0. The van der Waals surface area contributed by atoms with E-state index in [0.29, 0.717) is 37.7 Å². The van der Waals surface area contributed by atoms with E-state index in [1.54, 1.807) is 0 Å². The Labute approximate surface area is 166 Å². The summed E-state index contributed by atoms with van der Waals surface area (Å²) in [5.74, 6) is 1.25. The normalized spacial score (nSPS) is 15.1. The number of aliphatic hydroxyl groups is 1. The van der Waals surface area contributed by atoms with Gasteiger partial charge < -0.3 is 19.6 Å². The lowest BCUT2D eigenvalue weighted by atomic mass is 9.87. The van der Waals surface area contributed by atoms with Crippen molar-refractivity contribution in [3.63, 3.8) is 0 Å². The monoisotopic (exact) mass is 410 g/mol. The van der Waals surface area contributed by atoms with E-state index in [1.165, 1.54) is 0 Å². The Hall–Kier alpha value is 0.0300. The van der Waals surface area contributed by atoms with Crippen molar-refractivity contribution in [2.75, 3.05) is 19.8 Å². The summed E-state index contributed by atoms with van der Waals surface area (Å²) in [7, 11) is -4.47. The number of hydrogen-bond acceptors (Lipinski definition) is 4. The van der Waals surface area contributed by atoms with Crippen molar-refractivity contribution < 1.29 is 28.7 Å². The topological polar surface area (TPSA) is 96.2 Å². The number of hydrogen-bond donors (Lipinski definition) is 3. The second-order valence-electron chi connectivity index (χ2n) is 7.63. The zero-order valence-electron chi connectivity index (χ0n) is 17.9. The van der Waals surface area contributed by atoms with Crippen molar-refractivity contribution in [3.05, 3.63) is 0 Å². The highest BCUT2D eigenvalue weighted by Crippen LogP contribution is 2.45. The van der Waals surface area contributed by atoms with Crippen LogP contribution in [-0.4, -0.2) is 40.3 Å². The Morgan fingerprint density at radius 2 is 1.52 bits per heavy atom. The molecular formula is C20H43O6P. The Morgan fingerprint density at radius 3 is 2.00 bits per heavy atom. The van der Waals surface area contributed by atoms with Crippen LogP contribution in [0.25, 0.3) is 0 Å². The maximum absolute atomic E-state index is 11.2. The van der Waals surface area contributed by atoms with Crippen molar-refractivity contribution in [2.24, 2.45) is 11.8 Å². The van der Waals surface area contributed by atoms with Gasteiger partial charge in [-0.15, -0.1) is 0 Å². The second-order valence-corrected chi connectivity index (χ2v) is 8.79. The first kappa shape index (κ1) is 27.0. The van der Waals surface area contributed by atoms with Crippen LogP contribution in [0.5, 0.6) is 0 Å². The summed E-state index contributed by atoms with van der Waals surface area (Å²) >= 11 is 0. The van der Waals surface area contributed by atoms with Gasteiger partial charge in [0.1, 0.15) is 0 Å². The molecule has 0 aromatic rings. The molecule has 0 saturated heterocycles. The number of ether oxygens (including phenoxy) is 1. The summed E-state index contributed by atoms with van der Waals surface area (Å²) < 4.78 is 22.1. The van der Waals surface area contributed by atoms with Crippen LogP contribution in [0.2, 0.25) is 0 Å². The third-order valence-corrected chi connectivity index (χ3v) is 6.43. The largest absolute Gasteiger partial charge is 0.470 e. The van der Waals surface area contributed by atoms with Crippen molar-refractivity contribution in [2.45, 2.75) is 97.5 Å². The van der Waals surface area contributed by atoms with Gasteiger partial charge in [-0.2, -0.15) is 0 Å². The highest BCUT2D eigenvalue weighted by atomic mass is 31.2. The first-order valence-corrected chi connectivity index (χ1v) is 12.2. The fourth-order valence-electron chi connectivity index (χ4n) is 3.67. The average Bonchev–Trinajstić information content (AvgIpc) is 2.63. The second kappa shape index (κ2) is 14.9. The molecule has 0 aromatic carbocycles. The van der Waals surface area contributed by atoms with Gasteiger partial charge in [-0.1, -0.05) is 40.5 Å². The van der Waals surface area contributed by atoms with Gasteiger partial charge in [-0.05, 0) is 63.2 Å². The molecule has 0 fully saturated rings. The smallest absolute Gasteiger partial charge is 0.396 e. The Morgan fingerprint density at radius 1 is 0.926 bits per heavy atom. The molecule has 0 bridgehead atoms. The third kappa shape index (κ3) is 13.0. The maximum atomic E-state index is 11.2. The molecule has 0 rings (SSSR count). The van der Waals surface area contributed by atoms with Crippen molar-refractivity contribution in [1.82, 2.24) is 0 Å². The predicted octanol–water partition coefficient (Wildman–Crippen LogP) is 5.06. The minimum Gasteiger partial charge on any atom is -0.396 e. The lowest BCUT2D eigenvalue weighted by Crippen LogP contribution is -2.30. The molecule has 0 spiro atoms. The van der Waals surface area contributed by atoms with E-state index in [4.69, 9.17) is 24.2 Å². The van der Waals surface area contributed by atoms with Crippen LogP contribution in [-0.2, 0) is 13.8 Å². The van der Waals surface area contributed by atoms with E-state index in [1.807, 2.05) is 13.8 Å². The zero-order valence-corrected chi connectivity index (χ0v) is 18.8. The molecule has 0 aromatic heterocycles. The van der Waals surface area contributed by atoms with Gasteiger partial charge in [-0.3, -0.25) is 4.52 Å². The Bertz CT molecular complexity index is 394. The number of phosphoric ester groups is 1. The Kier molecular flexibility index (Phi) is 15.0. The van der Waals surface area contributed by atoms with Gasteiger partial charge in [0.15, 0.2) is 0 Å². The molecule has 7 heteroatoms. The van der Waals surface area contributed by atoms with E-state index >= 15 is 0 Å². The lowest BCUT2D eigenvalue weighted by Gasteiger charge is -2.31. The van der Waals surface area contributed by atoms with E-state index in [-0.39, 0.29) is 6.61 Å². The molecule has 2 unspecified atom stereocenters. The van der Waals surface area contributed by atoms with Crippen LogP contribution < -0.4 is 0 Å². The molecule has 164 valence electrons. The molecule has 2 atom stereocenters. The number of phosphoric acid groups is 1. The molecular weight excluding hydrogens is 367 g/mol. The van der Waals surface area contributed by atoms with Gasteiger partial charge in [-0.25, -0.2) is 4.57 Å². The first-order valence-electron chi connectivity index (χ1n) is 10.7. The first-order chi connectivity index (χ1) is 12.8. The van der Waals surface area contributed by atoms with Crippen LogP contribution in [0.4, 0.5) is 0 Å². The van der Waals surface area contributed by atoms with E-state index < -0.39 is 13.4 Å². The van der Waals surface area contributed by atoms with Crippen molar-refractivity contribution in [1.29, 1.82) is 0 Å². The summed E-state index contributed by atoms with van der Waals surface area (Å²) in [5.41, 5.74) is -0.742. The van der Waals surface area contributed by atoms with Gasteiger partial charge in [0, 0.05) is 19.8 Å². The molecule has 0 amide bonds. The van der Waals surface area contributed by atoms with E-state index in [0.717, 1.165) is 51.6 Å². The summed E-state index contributed by atoms with van der Waals surface area (Å²) in [6.07, 6.45) is 8.84. The van der Waals surface area contributed by atoms with Crippen LogP contribution >= 0.6 is 7.82 Å². The van der Waals surface area contributed by atoms with E-state index in [2.05, 4.69) is 13.8 Å². The summed E-state index contributed by atoms with van der Waals surface area (Å²) in [6.45, 7) is 9.90. The highest BCUT2D eigenvalue weighted by molar-refractivity contribution is 7.46. The van der Waals surface area contributed by atoms with Crippen LogP contribution in [0, 0.1) is 11.8 Å². The Balaban J connectivity index is 4.05. The lowest BCUT2D eigenvalue weighted by molar-refractivity contribution is 0.0151.